The summed E-state index contributed by atoms with van der Waals surface area (Å²) in [6, 6.07) is 5.85. The summed E-state index contributed by atoms with van der Waals surface area (Å²) in [4.78, 5) is 6.81. The second-order valence-electron chi connectivity index (χ2n) is 5.55. The predicted octanol–water partition coefficient (Wildman–Crippen LogP) is 2.61. The summed E-state index contributed by atoms with van der Waals surface area (Å²) in [5.41, 5.74) is 1.31. The van der Waals surface area contributed by atoms with Crippen LogP contribution in [0.3, 0.4) is 0 Å². The lowest BCUT2D eigenvalue weighted by Gasteiger charge is -2.35. The van der Waals surface area contributed by atoms with Gasteiger partial charge in [0.15, 0.2) is 0 Å². The van der Waals surface area contributed by atoms with Crippen LogP contribution in [0.15, 0.2) is 24.5 Å². The molecular formula is C15H25N3. The fourth-order valence-electron chi connectivity index (χ4n) is 2.80. The monoisotopic (exact) mass is 247 g/mol. The maximum Gasteiger partial charge on any atom is 0.0338 e. The first-order chi connectivity index (χ1) is 8.68. The van der Waals surface area contributed by atoms with E-state index < -0.39 is 0 Å². The second-order valence-corrected chi connectivity index (χ2v) is 5.55. The second kappa shape index (κ2) is 6.30. The molecule has 1 aromatic rings. The minimum absolute atomic E-state index is 0.432. The topological polar surface area (TPSA) is 28.2 Å². The van der Waals surface area contributed by atoms with Crippen molar-refractivity contribution in [3.63, 3.8) is 0 Å². The van der Waals surface area contributed by atoms with Crippen LogP contribution in [0.25, 0.3) is 0 Å². The Kier molecular flexibility index (Phi) is 4.72. The predicted molar refractivity (Wildman–Crippen MR) is 75.5 cm³/mol. The van der Waals surface area contributed by atoms with Gasteiger partial charge < -0.3 is 5.32 Å². The van der Waals surface area contributed by atoms with E-state index in [0.717, 1.165) is 6.54 Å². The van der Waals surface area contributed by atoms with Gasteiger partial charge in [-0.05, 0) is 51.8 Å². The van der Waals surface area contributed by atoms with Crippen molar-refractivity contribution in [3.8, 4) is 0 Å². The molecule has 0 bridgehead atoms. The van der Waals surface area contributed by atoms with E-state index in [1.807, 2.05) is 18.5 Å². The van der Waals surface area contributed by atoms with Crippen LogP contribution in [0.1, 0.15) is 45.2 Å². The Morgan fingerprint density at radius 1 is 1.44 bits per heavy atom. The van der Waals surface area contributed by atoms with Crippen molar-refractivity contribution < 1.29 is 0 Å². The Labute approximate surface area is 111 Å². The minimum Gasteiger partial charge on any atom is -0.313 e. The summed E-state index contributed by atoms with van der Waals surface area (Å²) >= 11 is 0. The van der Waals surface area contributed by atoms with Crippen LogP contribution in [-0.2, 0) is 0 Å². The molecule has 1 N–H and O–H groups in total. The number of nitrogens with zero attached hydrogens (tertiary/aromatic N) is 2. The Balaban J connectivity index is 2.04. The van der Waals surface area contributed by atoms with E-state index >= 15 is 0 Å². The summed E-state index contributed by atoms with van der Waals surface area (Å²) in [6.45, 7) is 9.15. The van der Waals surface area contributed by atoms with E-state index in [9.17, 15) is 0 Å². The molecule has 0 spiro atoms. The van der Waals surface area contributed by atoms with Gasteiger partial charge in [0.05, 0.1) is 0 Å². The Bertz CT molecular complexity index is 344. The Morgan fingerprint density at radius 2 is 2.28 bits per heavy atom. The molecule has 1 fully saturated rings. The highest BCUT2D eigenvalue weighted by molar-refractivity contribution is 5.13. The number of rotatable bonds is 5. The van der Waals surface area contributed by atoms with Crippen molar-refractivity contribution in [3.05, 3.63) is 30.1 Å². The molecule has 0 aromatic carbocycles. The van der Waals surface area contributed by atoms with Crippen LogP contribution >= 0.6 is 0 Å². The van der Waals surface area contributed by atoms with Crippen LogP contribution < -0.4 is 5.32 Å². The molecule has 18 heavy (non-hydrogen) atoms. The average Bonchev–Trinajstić information content (AvgIpc) is 2.89. The van der Waals surface area contributed by atoms with Crippen molar-refractivity contribution >= 4 is 0 Å². The third-order valence-electron chi connectivity index (χ3n) is 3.92. The van der Waals surface area contributed by atoms with Gasteiger partial charge >= 0.3 is 0 Å². The van der Waals surface area contributed by atoms with Gasteiger partial charge in [-0.25, -0.2) is 0 Å². The van der Waals surface area contributed by atoms with E-state index in [1.54, 1.807) is 0 Å². The highest BCUT2D eigenvalue weighted by atomic mass is 15.2. The SMILES string of the molecule is CC(C)N(CC1CCCN1)C(C)c1cccnc1. The van der Waals surface area contributed by atoms with Crippen molar-refractivity contribution in [2.75, 3.05) is 13.1 Å². The van der Waals surface area contributed by atoms with Crippen molar-refractivity contribution in [2.24, 2.45) is 0 Å². The zero-order valence-electron chi connectivity index (χ0n) is 11.8. The molecule has 1 aliphatic heterocycles. The van der Waals surface area contributed by atoms with Crippen LogP contribution in [0, 0.1) is 0 Å². The molecule has 0 amide bonds. The molecule has 3 heteroatoms. The average molecular weight is 247 g/mol. The molecule has 1 aliphatic rings. The molecule has 3 nitrogen and oxygen atoms in total. The van der Waals surface area contributed by atoms with E-state index in [-0.39, 0.29) is 0 Å². The van der Waals surface area contributed by atoms with Crippen LogP contribution in [0.5, 0.6) is 0 Å². The van der Waals surface area contributed by atoms with Gasteiger partial charge in [-0.1, -0.05) is 6.07 Å². The highest BCUT2D eigenvalue weighted by Crippen LogP contribution is 2.23. The lowest BCUT2D eigenvalue weighted by Crippen LogP contribution is -2.42. The van der Waals surface area contributed by atoms with Crippen molar-refractivity contribution in [1.29, 1.82) is 0 Å². The standard InChI is InChI=1S/C15H25N3/c1-12(2)18(11-15-7-5-9-17-15)13(3)14-6-4-8-16-10-14/h4,6,8,10,12-13,15,17H,5,7,9,11H2,1-3H3. The fourth-order valence-corrected chi connectivity index (χ4v) is 2.80. The van der Waals surface area contributed by atoms with Gasteiger partial charge in [0.2, 0.25) is 0 Å². The summed E-state index contributed by atoms with van der Waals surface area (Å²) < 4.78 is 0. The molecule has 0 aliphatic carbocycles. The quantitative estimate of drug-likeness (QED) is 0.867. The Morgan fingerprint density at radius 3 is 2.83 bits per heavy atom. The maximum absolute atomic E-state index is 4.24. The fraction of sp³-hybridized carbons (Fsp3) is 0.667. The summed E-state index contributed by atoms with van der Waals surface area (Å²) in [5, 5.41) is 3.59. The minimum atomic E-state index is 0.432. The summed E-state index contributed by atoms with van der Waals surface area (Å²) in [5.74, 6) is 0. The van der Waals surface area contributed by atoms with Crippen LogP contribution in [0.2, 0.25) is 0 Å². The number of pyridine rings is 1. The smallest absolute Gasteiger partial charge is 0.0338 e. The van der Waals surface area contributed by atoms with Crippen LogP contribution in [0.4, 0.5) is 0 Å². The zero-order valence-corrected chi connectivity index (χ0v) is 11.8. The third-order valence-corrected chi connectivity index (χ3v) is 3.92. The summed E-state index contributed by atoms with van der Waals surface area (Å²) in [7, 11) is 0. The van der Waals surface area contributed by atoms with Gasteiger partial charge in [0.25, 0.3) is 0 Å². The van der Waals surface area contributed by atoms with E-state index in [1.165, 1.54) is 24.9 Å². The number of nitrogens with one attached hydrogen (secondary N) is 1. The van der Waals surface area contributed by atoms with Gasteiger partial charge in [-0.3, -0.25) is 9.88 Å². The van der Waals surface area contributed by atoms with Gasteiger partial charge in [-0.15, -0.1) is 0 Å². The number of aromatic nitrogens is 1. The third kappa shape index (κ3) is 3.30. The molecule has 100 valence electrons. The first-order valence-corrected chi connectivity index (χ1v) is 7.07. The number of hydrogen-bond donors (Lipinski definition) is 1. The van der Waals surface area contributed by atoms with Gasteiger partial charge in [0.1, 0.15) is 0 Å². The normalized spacial score (nSPS) is 21.7. The van der Waals surface area contributed by atoms with Crippen molar-refractivity contribution in [2.45, 2.75) is 51.7 Å². The molecule has 1 aromatic heterocycles. The van der Waals surface area contributed by atoms with Gasteiger partial charge in [0, 0.05) is 37.1 Å². The zero-order chi connectivity index (χ0) is 13.0. The Hall–Kier alpha value is -0.930. The lowest BCUT2D eigenvalue weighted by molar-refractivity contribution is 0.149. The molecule has 2 unspecified atom stereocenters. The molecule has 2 atom stereocenters. The summed E-state index contributed by atoms with van der Waals surface area (Å²) in [6.07, 6.45) is 6.46. The van der Waals surface area contributed by atoms with Gasteiger partial charge in [-0.2, -0.15) is 0 Å². The highest BCUT2D eigenvalue weighted by Gasteiger charge is 2.24. The first kappa shape index (κ1) is 13.5. The lowest BCUT2D eigenvalue weighted by atomic mass is 10.1. The molecular weight excluding hydrogens is 222 g/mol. The molecule has 1 saturated heterocycles. The van der Waals surface area contributed by atoms with E-state index in [0.29, 0.717) is 18.1 Å². The molecule has 2 heterocycles. The molecule has 0 radical (unpaired) electrons. The van der Waals surface area contributed by atoms with Crippen LogP contribution in [-0.4, -0.2) is 35.1 Å². The van der Waals surface area contributed by atoms with E-state index in [2.05, 4.69) is 42.0 Å². The maximum atomic E-state index is 4.24. The largest absolute Gasteiger partial charge is 0.313 e. The number of hydrogen-bond acceptors (Lipinski definition) is 3. The molecule has 0 saturated carbocycles. The molecule has 2 rings (SSSR count). The first-order valence-electron chi connectivity index (χ1n) is 7.07. The van der Waals surface area contributed by atoms with E-state index in [4.69, 9.17) is 0 Å². The van der Waals surface area contributed by atoms with Crippen molar-refractivity contribution in [1.82, 2.24) is 15.2 Å².